The third-order valence-electron chi connectivity index (χ3n) is 2.60. The Morgan fingerprint density at radius 2 is 2.05 bits per heavy atom. The molecule has 0 N–H and O–H groups in total. The summed E-state index contributed by atoms with van der Waals surface area (Å²) in [7, 11) is 0. The summed E-state index contributed by atoms with van der Waals surface area (Å²) >= 11 is 3.03. The van der Waals surface area contributed by atoms with E-state index in [0.717, 1.165) is 0 Å². The molecule has 1 rings (SSSR count). The molecular formula is C13H17BrF3NO. The lowest BCUT2D eigenvalue weighted by molar-refractivity contribution is 0.139. The summed E-state index contributed by atoms with van der Waals surface area (Å²) in [6, 6.07) is 1.22. The topological polar surface area (TPSA) is 22.1 Å². The van der Waals surface area contributed by atoms with Gasteiger partial charge in [-0.25, -0.2) is 13.8 Å². The number of pyridine rings is 1. The highest BCUT2D eigenvalue weighted by Gasteiger charge is 2.18. The Morgan fingerprint density at radius 3 is 2.58 bits per heavy atom. The number of ether oxygens (including phenoxy) is 1. The molecule has 1 aromatic rings. The van der Waals surface area contributed by atoms with Gasteiger partial charge in [-0.1, -0.05) is 13.8 Å². The lowest BCUT2D eigenvalue weighted by Crippen LogP contribution is -2.17. The monoisotopic (exact) mass is 339 g/mol. The Hall–Kier alpha value is -0.780. The number of hydrogen-bond acceptors (Lipinski definition) is 2. The maximum Gasteiger partial charge on any atom is 0.267 e. The molecule has 1 heterocycles. The van der Waals surface area contributed by atoms with Crippen LogP contribution in [0.1, 0.15) is 32.3 Å². The number of alkyl halides is 3. The van der Waals surface area contributed by atoms with E-state index < -0.39 is 13.1 Å². The van der Waals surface area contributed by atoms with Crippen molar-refractivity contribution in [2.45, 2.75) is 26.7 Å². The normalized spacial score (nSPS) is 13.1. The minimum atomic E-state index is -2.65. The number of nitrogens with zero attached hydrogens (tertiary/aromatic N) is 1. The summed E-state index contributed by atoms with van der Waals surface area (Å²) in [6.45, 7) is 3.52. The summed E-state index contributed by atoms with van der Waals surface area (Å²) in [5, 5.41) is 0. The van der Waals surface area contributed by atoms with Crippen LogP contribution in [0.15, 0.2) is 16.9 Å². The fraction of sp³-hybridized carbons (Fsp3) is 0.615. The van der Waals surface area contributed by atoms with Crippen LogP contribution in [0.2, 0.25) is 0 Å². The number of halogens is 4. The number of rotatable bonds is 7. The van der Waals surface area contributed by atoms with Gasteiger partial charge in [0.2, 0.25) is 0 Å². The molecule has 0 radical (unpaired) electrons. The molecule has 108 valence electrons. The van der Waals surface area contributed by atoms with Gasteiger partial charge >= 0.3 is 0 Å². The minimum Gasteiger partial charge on any atom is -0.491 e. The van der Waals surface area contributed by atoms with Crippen LogP contribution in [0.5, 0.6) is 5.75 Å². The molecule has 0 amide bonds. The van der Waals surface area contributed by atoms with Crippen LogP contribution in [-0.4, -0.2) is 18.3 Å². The summed E-state index contributed by atoms with van der Waals surface area (Å²) in [5.41, 5.74) is -0.232. The molecule has 0 aliphatic rings. The van der Waals surface area contributed by atoms with Crippen molar-refractivity contribution in [1.82, 2.24) is 4.98 Å². The Balaban J connectivity index is 2.71. The molecular weight excluding hydrogens is 323 g/mol. The SMILES string of the molecule is CC(C)C[C@H](CF)COc1cnc(Br)cc1C(F)F. The van der Waals surface area contributed by atoms with Gasteiger partial charge in [0.05, 0.1) is 25.0 Å². The Morgan fingerprint density at radius 1 is 1.37 bits per heavy atom. The third kappa shape index (κ3) is 5.38. The van der Waals surface area contributed by atoms with Crippen LogP contribution >= 0.6 is 15.9 Å². The van der Waals surface area contributed by atoms with Gasteiger partial charge in [0.1, 0.15) is 10.4 Å². The lowest BCUT2D eigenvalue weighted by Gasteiger charge is -2.17. The zero-order chi connectivity index (χ0) is 14.4. The number of aromatic nitrogens is 1. The molecule has 0 fully saturated rings. The van der Waals surface area contributed by atoms with E-state index in [1.807, 2.05) is 13.8 Å². The maximum absolute atomic E-state index is 12.8. The lowest BCUT2D eigenvalue weighted by atomic mass is 9.99. The Bertz CT molecular complexity index is 401. The highest BCUT2D eigenvalue weighted by atomic mass is 79.9. The molecule has 1 atom stereocenters. The first-order valence-corrected chi connectivity index (χ1v) is 6.85. The molecule has 1 aromatic heterocycles. The van der Waals surface area contributed by atoms with E-state index in [-0.39, 0.29) is 23.8 Å². The second kappa shape index (κ2) is 7.72. The van der Waals surface area contributed by atoms with Crippen molar-refractivity contribution in [2.75, 3.05) is 13.3 Å². The smallest absolute Gasteiger partial charge is 0.267 e. The summed E-state index contributed by atoms with van der Waals surface area (Å²) in [5.74, 6) is 0.0662. The molecule has 0 spiro atoms. The van der Waals surface area contributed by atoms with Gasteiger partial charge in [-0.3, -0.25) is 4.39 Å². The standard InChI is InChI=1S/C13H17BrF3NO/c1-8(2)3-9(5-15)7-19-11-6-18-12(14)4-10(11)13(16)17/h4,6,8-9,13H,3,5,7H2,1-2H3/t9-/m1/s1. The highest BCUT2D eigenvalue weighted by molar-refractivity contribution is 9.10. The molecule has 0 saturated heterocycles. The second-order valence-electron chi connectivity index (χ2n) is 4.81. The van der Waals surface area contributed by atoms with Crippen LogP contribution in [0.3, 0.4) is 0 Å². The van der Waals surface area contributed by atoms with Crippen molar-refractivity contribution in [3.63, 3.8) is 0 Å². The van der Waals surface area contributed by atoms with Gasteiger partial charge in [-0.05, 0) is 34.3 Å². The summed E-state index contributed by atoms with van der Waals surface area (Å²) in [6.07, 6.45) is -0.760. The van der Waals surface area contributed by atoms with Gasteiger partial charge in [0.25, 0.3) is 6.43 Å². The van der Waals surface area contributed by atoms with Crippen LogP contribution in [0.4, 0.5) is 13.2 Å². The Kier molecular flexibility index (Phi) is 6.62. The average Bonchev–Trinajstić information content (AvgIpc) is 2.34. The van der Waals surface area contributed by atoms with Crippen LogP contribution < -0.4 is 4.74 Å². The van der Waals surface area contributed by atoms with Gasteiger partial charge in [-0.2, -0.15) is 0 Å². The third-order valence-corrected chi connectivity index (χ3v) is 3.03. The molecule has 0 aromatic carbocycles. The molecule has 0 aliphatic carbocycles. The molecule has 0 saturated carbocycles. The molecule has 0 bridgehead atoms. The van der Waals surface area contributed by atoms with E-state index in [2.05, 4.69) is 20.9 Å². The van der Waals surface area contributed by atoms with Crippen molar-refractivity contribution in [3.8, 4) is 5.75 Å². The molecule has 0 aliphatic heterocycles. The van der Waals surface area contributed by atoms with Gasteiger partial charge in [0.15, 0.2) is 0 Å². The van der Waals surface area contributed by atoms with Gasteiger partial charge in [0, 0.05) is 5.92 Å². The zero-order valence-electron chi connectivity index (χ0n) is 10.9. The first kappa shape index (κ1) is 16.3. The minimum absolute atomic E-state index is 0.0143. The van der Waals surface area contributed by atoms with Crippen molar-refractivity contribution in [3.05, 3.63) is 22.4 Å². The highest BCUT2D eigenvalue weighted by Crippen LogP contribution is 2.30. The van der Waals surface area contributed by atoms with Crippen molar-refractivity contribution < 1.29 is 17.9 Å². The van der Waals surface area contributed by atoms with Crippen LogP contribution in [0, 0.1) is 11.8 Å². The largest absolute Gasteiger partial charge is 0.491 e. The van der Waals surface area contributed by atoms with E-state index in [1.54, 1.807) is 0 Å². The van der Waals surface area contributed by atoms with Crippen LogP contribution in [-0.2, 0) is 0 Å². The van der Waals surface area contributed by atoms with E-state index in [9.17, 15) is 13.2 Å². The van der Waals surface area contributed by atoms with Crippen molar-refractivity contribution >= 4 is 15.9 Å². The quantitative estimate of drug-likeness (QED) is 0.666. The fourth-order valence-electron chi connectivity index (χ4n) is 1.77. The molecule has 2 nitrogen and oxygen atoms in total. The van der Waals surface area contributed by atoms with E-state index in [0.29, 0.717) is 16.9 Å². The van der Waals surface area contributed by atoms with Crippen LogP contribution in [0.25, 0.3) is 0 Å². The van der Waals surface area contributed by atoms with E-state index >= 15 is 0 Å². The second-order valence-corrected chi connectivity index (χ2v) is 5.62. The predicted molar refractivity (Wildman–Crippen MR) is 71.3 cm³/mol. The average molecular weight is 340 g/mol. The Labute approximate surface area is 119 Å². The number of hydrogen-bond donors (Lipinski definition) is 0. The first-order chi connectivity index (χ1) is 8.93. The fourth-order valence-corrected chi connectivity index (χ4v) is 2.12. The van der Waals surface area contributed by atoms with Gasteiger partial charge in [-0.15, -0.1) is 0 Å². The molecule has 19 heavy (non-hydrogen) atoms. The maximum atomic E-state index is 12.8. The van der Waals surface area contributed by atoms with Gasteiger partial charge < -0.3 is 4.74 Å². The summed E-state index contributed by atoms with van der Waals surface area (Å²) < 4.78 is 44.1. The van der Waals surface area contributed by atoms with Crippen molar-refractivity contribution in [1.29, 1.82) is 0 Å². The molecule has 6 heteroatoms. The predicted octanol–water partition coefficient (Wildman–Crippen LogP) is 4.79. The van der Waals surface area contributed by atoms with E-state index in [4.69, 9.17) is 4.74 Å². The van der Waals surface area contributed by atoms with E-state index in [1.165, 1.54) is 12.3 Å². The van der Waals surface area contributed by atoms with Crippen molar-refractivity contribution in [2.24, 2.45) is 11.8 Å². The zero-order valence-corrected chi connectivity index (χ0v) is 12.5. The molecule has 0 unspecified atom stereocenters. The first-order valence-electron chi connectivity index (χ1n) is 6.06. The summed E-state index contributed by atoms with van der Waals surface area (Å²) in [4.78, 5) is 3.85.